The third kappa shape index (κ3) is 4.08. The lowest BCUT2D eigenvalue weighted by atomic mass is 10.3. The quantitative estimate of drug-likeness (QED) is 0.901. The van der Waals surface area contributed by atoms with Gasteiger partial charge >= 0.3 is 0 Å². The standard InChI is InChI=1S/C16H18Cl2N4O2/c1-11-8-15(19-16(23)10-21-4-6-24-7-5-21)20-22(11)12-2-3-13(17)14(18)9-12/h2-3,8-9H,4-7,10H2,1H3,(H,19,20,23). The predicted molar refractivity (Wildman–Crippen MR) is 94.2 cm³/mol. The van der Waals surface area contributed by atoms with Gasteiger partial charge in [-0.05, 0) is 25.1 Å². The lowest BCUT2D eigenvalue weighted by molar-refractivity contribution is -0.118. The molecular formula is C16H18Cl2N4O2. The Morgan fingerprint density at radius 1 is 1.25 bits per heavy atom. The Labute approximate surface area is 150 Å². The molecule has 1 aliphatic rings. The van der Waals surface area contributed by atoms with E-state index >= 15 is 0 Å². The minimum absolute atomic E-state index is 0.0873. The van der Waals surface area contributed by atoms with Crippen LogP contribution < -0.4 is 5.32 Å². The van der Waals surface area contributed by atoms with Crippen LogP contribution in [0.25, 0.3) is 5.69 Å². The molecule has 24 heavy (non-hydrogen) atoms. The number of benzene rings is 1. The fourth-order valence-corrected chi connectivity index (χ4v) is 2.85. The predicted octanol–water partition coefficient (Wildman–Crippen LogP) is 2.76. The summed E-state index contributed by atoms with van der Waals surface area (Å²) in [6, 6.07) is 7.10. The second-order valence-electron chi connectivity index (χ2n) is 5.62. The summed E-state index contributed by atoms with van der Waals surface area (Å²) in [5.74, 6) is 0.424. The molecule has 0 spiro atoms. The van der Waals surface area contributed by atoms with E-state index in [1.54, 1.807) is 16.8 Å². The molecule has 128 valence electrons. The molecule has 3 rings (SSSR count). The van der Waals surface area contributed by atoms with Crippen LogP contribution in [0.3, 0.4) is 0 Å². The molecule has 0 unspecified atom stereocenters. The SMILES string of the molecule is Cc1cc(NC(=O)CN2CCOCC2)nn1-c1ccc(Cl)c(Cl)c1. The number of rotatable bonds is 4. The summed E-state index contributed by atoms with van der Waals surface area (Å²) >= 11 is 12.0. The van der Waals surface area contributed by atoms with Gasteiger partial charge < -0.3 is 10.1 Å². The zero-order chi connectivity index (χ0) is 17.1. The number of aromatic nitrogens is 2. The molecule has 8 heteroatoms. The summed E-state index contributed by atoms with van der Waals surface area (Å²) in [6.07, 6.45) is 0. The van der Waals surface area contributed by atoms with Gasteiger partial charge in [0.05, 0.1) is 35.5 Å². The number of hydrogen-bond donors (Lipinski definition) is 1. The zero-order valence-electron chi connectivity index (χ0n) is 13.3. The van der Waals surface area contributed by atoms with Crippen LogP contribution in [0.2, 0.25) is 10.0 Å². The molecule has 1 aromatic carbocycles. The number of nitrogens with zero attached hydrogens (tertiary/aromatic N) is 3. The van der Waals surface area contributed by atoms with E-state index < -0.39 is 0 Å². The first-order chi connectivity index (χ1) is 11.5. The Hall–Kier alpha value is -1.60. The zero-order valence-corrected chi connectivity index (χ0v) is 14.8. The van der Waals surface area contributed by atoms with Crippen molar-refractivity contribution in [2.45, 2.75) is 6.92 Å². The number of carbonyl (C=O) groups excluding carboxylic acids is 1. The minimum atomic E-state index is -0.0873. The highest BCUT2D eigenvalue weighted by atomic mass is 35.5. The van der Waals surface area contributed by atoms with Gasteiger partial charge in [0, 0.05) is 24.8 Å². The summed E-state index contributed by atoms with van der Waals surface area (Å²) in [6.45, 7) is 5.11. The molecular weight excluding hydrogens is 351 g/mol. The average Bonchev–Trinajstić information content (AvgIpc) is 2.91. The smallest absolute Gasteiger partial charge is 0.239 e. The van der Waals surface area contributed by atoms with Crippen LogP contribution in [0.1, 0.15) is 5.69 Å². The number of hydrogen-bond acceptors (Lipinski definition) is 4. The molecule has 0 bridgehead atoms. The Morgan fingerprint density at radius 3 is 2.71 bits per heavy atom. The van der Waals surface area contributed by atoms with Gasteiger partial charge in [-0.25, -0.2) is 4.68 Å². The molecule has 1 N–H and O–H groups in total. The van der Waals surface area contributed by atoms with E-state index in [0.717, 1.165) is 24.5 Å². The molecule has 0 atom stereocenters. The molecule has 0 aliphatic carbocycles. The van der Waals surface area contributed by atoms with Gasteiger partial charge in [-0.3, -0.25) is 9.69 Å². The van der Waals surface area contributed by atoms with Crippen molar-refractivity contribution in [2.24, 2.45) is 0 Å². The maximum Gasteiger partial charge on any atom is 0.239 e. The second-order valence-corrected chi connectivity index (χ2v) is 6.43. The summed E-state index contributed by atoms with van der Waals surface area (Å²) < 4.78 is 6.99. The summed E-state index contributed by atoms with van der Waals surface area (Å²) in [5, 5.41) is 8.21. The Balaban J connectivity index is 1.69. The highest BCUT2D eigenvalue weighted by Crippen LogP contribution is 2.25. The van der Waals surface area contributed by atoms with Gasteiger partial charge in [-0.2, -0.15) is 0 Å². The number of anilines is 1. The van der Waals surface area contributed by atoms with E-state index in [4.69, 9.17) is 27.9 Å². The molecule has 0 radical (unpaired) electrons. The van der Waals surface area contributed by atoms with Crippen LogP contribution in [-0.2, 0) is 9.53 Å². The topological polar surface area (TPSA) is 59.4 Å². The average molecular weight is 369 g/mol. The van der Waals surface area contributed by atoms with Crippen molar-refractivity contribution < 1.29 is 9.53 Å². The molecule has 2 heterocycles. The van der Waals surface area contributed by atoms with E-state index in [2.05, 4.69) is 15.3 Å². The van der Waals surface area contributed by atoms with Gasteiger partial charge in [0.2, 0.25) is 5.91 Å². The second kappa shape index (κ2) is 7.53. The molecule has 1 fully saturated rings. The number of amides is 1. The van der Waals surface area contributed by atoms with E-state index in [1.807, 2.05) is 19.1 Å². The molecule has 1 aromatic heterocycles. The molecule has 2 aromatic rings. The summed E-state index contributed by atoms with van der Waals surface area (Å²) in [7, 11) is 0. The minimum Gasteiger partial charge on any atom is -0.379 e. The van der Waals surface area contributed by atoms with Crippen LogP contribution in [-0.4, -0.2) is 53.4 Å². The number of nitrogens with one attached hydrogen (secondary N) is 1. The van der Waals surface area contributed by atoms with Crippen LogP contribution in [0.15, 0.2) is 24.3 Å². The van der Waals surface area contributed by atoms with Crippen molar-refractivity contribution in [3.8, 4) is 5.69 Å². The lowest BCUT2D eigenvalue weighted by Gasteiger charge is -2.25. The van der Waals surface area contributed by atoms with E-state index in [-0.39, 0.29) is 5.91 Å². The molecule has 6 nitrogen and oxygen atoms in total. The van der Waals surface area contributed by atoms with Crippen molar-refractivity contribution in [3.05, 3.63) is 40.0 Å². The first-order valence-electron chi connectivity index (χ1n) is 7.65. The Morgan fingerprint density at radius 2 is 2.00 bits per heavy atom. The largest absolute Gasteiger partial charge is 0.379 e. The number of ether oxygens (including phenoxy) is 1. The first-order valence-corrected chi connectivity index (χ1v) is 8.40. The number of halogens is 2. The van der Waals surface area contributed by atoms with Crippen LogP contribution in [0.5, 0.6) is 0 Å². The third-order valence-corrected chi connectivity index (χ3v) is 4.51. The van der Waals surface area contributed by atoms with Crippen molar-refractivity contribution >= 4 is 34.9 Å². The summed E-state index contributed by atoms with van der Waals surface area (Å²) in [4.78, 5) is 14.2. The van der Waals surface area contributed by atoms with E-state index in [1.165, 1.54) is 0 Å². The normalized spacial score (nSPS) is 15.5. The fourth-order valence-electron chi connectivity index (χ4n) is 2.56. The summed E-state index contributed by atoms with van der Waals surface area (Å²) in [5.41, 5.74) is 1.67. The van der Waals surface area contributed by atoms with Gasteiger partial charge in [-0.1, -0.05) is 23.2 Å². The maximum atomic E-state index is 12.2. The van der Waals surface area contributed by atoms with Crippen molar-refractivity contribution in [1.29, 1.82) is 0 Å². The maximum absolute atomic E-state index is 12.2. The van der Waals surface area contributed by atoms with E-state index in [9.17, 15) is 4.79 Å². The molecule has 0 saturated carbocycles. The Kier molecular flexibility index (Phi) is 5.40. The molecule has 1 saturated heterocycles. The lowest BCUT2D eigenvalue weighted by Crippen LogP contribution is -2.41. The molecule has 1 amide bonds. The van der Waals surface area contributed by atoms with Gasteiger partial charge in [0.15, 0.2) is 5.82 Å². The highest BCUT2D eigenvalue weighted by molar-refractivity contribution is 6.42. The monoisotopic (exact) mass is 368 g/mol. The Bertz CT molecular complexity index is 742. The van der Waals surface area contributed by atoms with Gasteiger partial charge in [0.25, 0.3) is 0 Å². The number of carbonyl (C=O) groups is 1. The fraction of sp³-hybridized carbons (Fsp3) is 0.375. The number of aryl methyl sites for hydroxylation is 1. The van der Waals surface area contributed by atoms with Gasteiger partial charge in [-0.15, -0.1) is 5.10 Å². The van der Waals surface area contributed by atoms with Crippen molar-refractivity contribution in [2.75, 3.05) is 38.2 Å². The highest BCUT2D eigenvalue weighted by Gasteiger charge is 2.16. The van der Waals surface area contributed by atoms with Crippen LogP contribution >= 0.6 is 23.2 Å². The third-order valence-electron chi connectivity index (χ3n) is 3.77. The van der Waals surface area contributed by atoms with Crippen molar-refractivity contribution in [3.63, 3.8) is 0 Å². The van der Waals surface area contributed by atoms with Crippen LogP contribution in [0.4, 0.5) is 5.82 Å². The van der Waals surface area contributed by atoms with E-state index in [0.29, 0.717) is 35.6 Å². The van der Waals surface area contributed by atoms with Crippen LogP contribution in [0, 0.1) is 6.92 Å². The van der Waals surface area contributed by atoms with Crippen molar-refractivity contribution in [1.82, 2.24) is 14.7 Å². The molecule has 1 aliphatic heterocycles. The first kappa shape index (κ1) is 17.2. The number of morpholine rings is 1. The van der Waals surface area contributed by atoms with Gasteiger partial charge in [0.1, 0.15) is 0 Å².